The fourth-order valence-corrected chi connectivity index (χ4v) is 6.47. The van der Waals surface area contributed by atoms with E-state index in [0.717, 1.165) is 61.2 Å². The number of nitrogens with zero attached hydrogens (tertiary/aromatic N) is 4. The van der Waals surface area contributed by atoms with E-state index in [1.807, 2.05) is 64.1 Å². The Kier molecular flexibility index (Phi) is 7.94. The van der Waals surface area contributed by atoms with Crippen LogP contribution < -0.4 is 15.3 Å². The highest BCUT2D eigenvalue weighted by Crippen LogP contribution is 2.40. The summed E-state index contributed by atoms with van der Waals surface area (Å²) in [6.07, 6.45) is 2.29. The zero-order valence-corrected chi connectivity index (χ0v) is 25.2. The van der Waals surface area contributed by atoms with Crippen molar-refractivity contribution in [3.05, 3.63) is 94.9 Å². The zero-order valence-electron chi connectivity index (χ0n) is 25.2. The fourth-order valence-electron chi connectivity index (χ4n) is 6.47. The first-order valence-electron chi connectivity index (χ1n) is 15.2. The Morgan fingerprint density at radius 1 is 0.932 bits per heavy atom. The van der Waals surface area contributed by atoms with Gasteiger partial charge < -0.3 is 29.5 Å². The fraction of sp³-hybridized carbons (Fsp3) is 0.382. The monoisotopic (exact) mass is 597 g/mol. The van der Waals surface area contributed by atoms with Crippen molar-refractivity contribution in [2.75, 3.05) is 31.2 Å². The standard InChI is InChI=1S/C34H39N5O5/c1-33(2,31(41)42)44-27-15-13-25(14-16-27)23-37-24-39(26-9-4-3-5-10-26)34(30(37)40)17-21-36(22-18-34)19-8-20-38-29-12-7-6-11-28(29)35-32(38)43/h3-7,9-16H,8,17-24H2,1-2H3,(H,35,43)(H,41,42). The van der Waals surface area contributed by atoms with Crippen molar-refractivity contribution in [3.63, 3.8) is 0 Å². The minimum Gasteiger partial charge on any atom is -0.478 e. The number of ether oxygens (including phenoxy) is 1. The largest absolute Gasteiger partial charge is 0.478 e. The summed E-state index contributed by atoms with van der Waals surface area (Å²) in [5.74, 6) is -0.428. The molecule has 4 aromatic rings. The highest BCUT2D eigenvalue weighted by atomic mass is 16.5. The molecule has 0 atom stereocenters. The summed E-state index contributed by atoms with van der Waals surface area (Å²) in [7, 11) is 0. The van der Waals surface area contributed by atoms with E-state index in [1.165, 1.54) is 13.8 Å². The summed E-state index contributed by atoms with van der Waals surface area (Å²) in [6, 6.07) is 25.2. The predicted molar refractivity (Wildman–Crippen MR) is 169 cm³/mol. The number of anilines is 1. The van der Waals surface area contributed by atoms with Gasteiger partial charge in [-0.05, 0) is 81.6 Å². The lowest BCUT2D eigenvalue weighted by Gasteiger charge is -2.43. The molecule has 10 heteroatoms. The van der Waals surface area contributed by atoms with Gasteiger partial charge in [0, 0.05) is 31.9 Å². The lowest BCUT2D eigenvalue weighted by molar-refractivity contribution is -0.152. The minimum absolute atomic E-state index is 0.0785. The van der Waals surface area contributed by atoms with Crippen LogP contribution in [0.3, 0.4) is 0 Å². The van der Waals surface area contributed by atoms with Gasteiger partial charge in [-0.15, -0.1) is 0 Å². The number of imidazole rings is 1. The molecule has 0 saturated carbocycles. The molecule has 2 aliphatic rings. The number of carbonyl (C=O) groups is 2. The number of hydrogen-bond donors (Lipinski definition) is 2. The molecule has 3 aromatic carbocycles. The van der Waals surface area contributed by atoms with Crippen LogP contribution >= 0.6 is 0 Å². The quantitative estimate of drug-likeness (QED) is 0.280. The molecule has 3 heterocycles. The second-order valence-electron chi connectivity index (χ2n) is 12.3. The number of benzene rings is 3. The third-order valence-electron chi connectivity index (χ3n) is 8.99. The Labute approximate surface area is 256 Å². The van der Waals surface area contributed by atoms with Crippen LogP contribution in [0.5, 0.6) is 5.75 Å². The van der Waals surface area contributed by atoms with Gasteiger partial charge in [0.2, 0.25) is 5.91 Å². The lowest BCUT2D eigenvalue weighted by Crippen LogP contribution is -2.56. The number of carboxylic acid groups (broad SMARTS) is 1. The van der Waals surface area contributed by atoms with Crippen LogP contribution in [-0.4, -0.2) is 73.8 Å². The van der Waals surface area contributed by atoms with Crippen LogP contribution in [0.15, 0.2) is 83.7 Å². The topological polar surface area (TPSA) is 111 Å². The molecule has 1 amide bonds. The minimum atomic E-state index is -1.34. The summed E-state index contributed by atoms with van der Waals surface area (Å²) in [4.78, 5) is 47.6. The summed E-state index contributed by atoms with van der Waals surface area (Å²) in [5, 5.41) is 9.37. The van der Waals surface area contributed by atoms with Crippen molar-refractivity contribution >= 4 is 28.6 Å². The number of H-pyrrole nitrogens is 1. The number of para-hydroxylation sites is 3. The van der Waals surface area contributed by atoms with E-state index in [0.29, 0.717) is 25.5 Å². The van der Waals surface area contributed by atoms with Crippen molar-refractivity contribution in [3.8, 4) is 5.75 Å². The highest BCUT2D eigenvalue weighted by molar-refractivity contribution is 5.93. The number of aryl methyl sites for hydroxylation is 1. The molecule has 0 radical (unpaired) electrons. The van der Waals surface area contributed by atoms with Gasteiger partial charge >= 0.3 is 11.7 Å². The van der Waals surface area contributed by atoms with E-state index < -0.39 is 17.1 Å². The third-order valence-corrected chi connectivity index (χ3v) is 8.99. The number of carbonyl (C=O) groups excluding carboxylic acids is 1. The van der Waals surface area contributed by atoms with Crippen molar-refractivity contribution in [2.24, 2.45) is 0 Å². The molecule has 0 bridgehead atoms. The van der Waals surface area contributed by atoms with Crippen LogP contribution in [0.4, 0.5) is 5.69 Å². The molecule has 2 aliphatic heterocycles. The van der Waals surface area contributed by atoms with Gasteiger partial charge in [-0.1, -0.05) is 42.5 Å². The first-order chi connectivity index (χ1) is 21.2. The molecule has 230 valence electrons. The van der Waals surface area contributed by atoms with Crippen LogP contribution in [0.25, 0.3) is 11.0 Å². The molecule has 2 saturated heterocycles. The van der Waals surface area contributed by atoms with Crippen molar-refractivity contribution in [2.45, 2.75) is 57.3 Å². The normalized spacial score (nSPS) is 17.1. The van der Waals surface area contributed by atoms with Gasteiger partial charge in [0.1, 0.15) is 11.3 Å². The maximum Gasteiger partial charge on any atom is 0.347 e. The average Bonchev–Trinajstić information content (AvgIpc) is 3.48. The van der Waals surface area contributed by atoms with Crippen LogP contribution in [0.2, 0.25) is 0 Å². The van der Waals surface area contributed by atoms with E-state index in [1.54, 1.807) is 12.1 Å². The molecule has 2 fully saturated rings. The van der Waals surface area contributed by atoms with E-state index in [4.69, 9.17) is 4.74 Å². The Hall–Kier alpha value is -4.57. The second-order valence-corrected chi connectivity index (χ2v) is 12.3. The first-order valence-corrected chi connectivity index (χ1v) is 15.2. The maximum absolute atomic E-state index is 14.2. The van der Waals surface area contributed by atoms with E-state index in [2.05, 4.69) is 26.9 Å². The molecular weight excluding hydrogens is 558 g/mol. The van der Waals surface area contributed by atoms with Crippen molar-refractivity contribution in [1.82, 2.24) is 19.4 Å². The number of carboxylic acids is 1. The molecule has 6 rings (SSSR count). The van der Waals surface area contributed by atoms with E-state index in [9.17, 15) is 19.5 Å². The maximum atomic E-state index is 14.2. The van der Waals surface area contributed by atoms with Gasteiger partial charge in [-0.3, -0.25) is 9.36 Å². The number of amides is 1. The van der Waals surface area contributed by atoms with Gasteiger partial charge in [-0.2, -0.15) is 0 Å². The average molecular weight is 598 g/mol. The van der Waals surface area contributed by atoms with Gasteiger partial charge in [0.15, 0.2) is 5.60 Å². The van der Waals surface area contributed by atoms with Gasteiger partial charge in [0.05, 0.1) is 17.7 Å². The number of piperidine rings is 1. The summed E-state index contributed by atoms with van der Waals surface area (Å²) in [5.41, 5.74) is 1.75. The number of fused-ring (bicyclic) bond motifs is 1. The Morgan fingerprint density at radius 2 is 1.61 bits per heavy atom. The van der Waals surface area contributed by atoms with Crippen LogP contribution in [-0.2, 0) is 22.7 Å². The number of aromatic amines is 1. The second kappa shape index (κ2) is 11.8. The number of nitrogens with one attached hydrogen (secondary N) is 1. The molecule has 0 unspecified atom stereocenters. The SMILES string of the molecule is CC(C)(Oc1ccc(CN2CN(c3ccccc3)C3(CCN(CCCn4c(=O)[nH]c5ccccc54)CC3)C2=O)cc1)C(=O)O. The number of aliphatic carboxylic acids is 1. The van der Waals surface area contributed by atoms with Crippen LogP contribution in [0.1, 0.15) is 38.7 Å². The molecule has 1 spiro atoms. The lowest BCUT2D eigenvalue weighted by atomic mass is 9.85. The summed E-state index contributed by atoms with van der Waals surface area (Å²) >= 11 is 0. The smallest absolute Gasteiger partial charge is 0.347 e. The van der Waals surface area contributed by atoms with Crippen molar-refractivity contribution < 1.29 is 19.4 Å². The Bertz CT molecular complexity index is 1690. The first kappa shape index (κ1) is 29.5. The molecule has 44 heavy (non-hydrogen) atoms. The summed E-state index contributed by atoms with van der Waals surface area (Å²) in [6.45, 7) is 7.09. The number of likely N-dealkylation sites (tertiary alicyclic amines) is 1. The highest BCUT2D eigenvalue weighted by Gasteiger charge is 2.53. The number of aromatic nitrogens is 2. The molecular formula is C34H39N5O5. The molecule has 10 nitrogen and oxygen atoms in total. The summed E-state index contributed by atoms with van der Waals surface area (Å²) < 4.78 is 7.45. The van der Waals surface area contributed by atoms with Crippen LogP contribution in [0, 0.1) is 0 Å². The molecule has 0 aliphatic carbocycles. The van der Waals surface area contributed by atoms with Gasteiger partial charge in [0.25, 0.3) is 0 Å². The molecule has 1 aromatic heterocycles. The van der Waals surface area contributed by atoms with Gasteiger partial charge in [-0.25, -0.2) is 9.59 Å². The van der Waals surface area contributed by atoms with E-state index in [-0.39, 0.29) is 11.6 Å². The Balaban J connectivity index is 1.12. The Morgan fingerprint density at radius 3 is 2.32 bits per heavy atom. The van der Waals surface area contributed by atoms with E-state index >= 15 is 0 Å². The number of rotatable bonds is 10. The molecule has 2 N–H and O–H groups in total. The van der Waals surface area contributed by atoms with Crippen molar-refractivity contribution in [1.29, 1.82) is 0 Å². The predicted octanol–water partition coefficient (Wildman–Crippen LogP) is 4.30. The number of hydrogen-bond acceptors (Lipinski definition) is 6. The third kappa shape index (κ3) is 5.69. The zero-order chi connectivity index (χ0) is 30.9.